The third kappa shape index (κ3) is 3.06. The topological polar surface area (TPSA) is 55.6 Å². The zero-order valence-corrected chi connectivity index (χ0v) is 10.8. The van der Waals surface area contributed by atoms with Crippen molar-refractivity contribution in [3.05, 3.63) is 22.4 Å². The fraction of sp³-hybridized carbons (Fsp3) is 0.583. The highest BCUT2D eigenvalue weighted by Crippen LogP contribution is 2.30. The Morgan fingerprint density at radius 3 is 2.94 bits per heavy atom. The first-order valence-electron chi connectivity index (χ1n) is 5.81. The number of hydrogen-bond donors (Lipinski definition) is 1. The summed E-state index contributed by atoms with van der Waals surface area (Å²) in [7, 11) is 1.42. The lowest BCUT2D eigenvalue weighted by molar-refractivity contribution is -0.147. The van der Waals surface area contributed by atoms with Crippen molar-refractivity contribution in [1.82, 2.24) is 4.90 Å². The Balaban J connectivity index is 2.07. The highest BCUT2D eigenvalue weighted by Gasteiger charge is 2.37. The van der Waals surface area contributed by atoms with E-state index in [-0.39, 0.29) is 12.0 Å². The minimum atomic E-state index is -0.313. The second-order valence-electron chi connectivity index (χ2n) is 4.31. The largest absolute Gasteiger partial charge is 0.468 e. The highest BCUT2D eigenvalue weighted by molar-refractivity contribution is 7.07. The summed E-state index contributed by atoms with van der Waals surface area (Å²) < 4.78 is 4.82. The number of nitrogens with zero attached hydrogens (tertiary/aromatic N) is 1. The Morgan fingerprint density at radius 1 is 1.71 bits per heavy atom. The minimum absolute atomic E-state index is 0.227. The molecular formula is C12H18N2O2S. The molecule has 0 bridgehead atoms. The van der Waals surface area contributed by atoms with Crippen molar-refractivity contribution < 1.29 is 9.53 Å². The van der Waals surface area contributed by atoms with E-state index in [0.29, 0.717) is 12.6 Å². The van der Waals surface area contributed by atoms with E-state index in [1.54, 1.807) is 11.3 Å². The van der Waals surface area contributed by atoms with Gasteiger partial charge in [-0.2, -0.15) is 11.3 Å². The summed E-state index contributed by atoms with van der Waals surface area (Å²) in [6, 6.07) is 2.26. The summed E-state index contributed by atoms with van der Waals surface area (Å²) in [4.78, 5) is 13.9. The maximum atomic E-state index is 11.7. The van der Waals surface area contributed by atoms with Gasteiger partial charge in [0.05, 0.1) is 7.11 Å². The lowest BCUT2D eigenvalue weighted by Gasteiger charge is -2.28. The summed E-state index contributed by atoms with van der Waals surface area (Å²) in [6.45, 7) is 1.10. The number of ether oxygens (including phenoxy) is 1. The molecule has 17 heavy (non-hydrogen) atoms. The Hall–Kier alpha value is -0.910. The maximum Gasteiger partial charge on any atom is 0.324 e. The van der Waals surface area contributed by atoms with Crippen LogP contribution in [0.5, 0.6) is 0 Å². The molecule has 5 heteroatoms. The van der Waals surface area contributed by atoms with E-state index in [1.165, 1.54) is 12.7 Å². The van der Waals surface area contributed by atoms with Crippen LogP contribution in [0.1, 0.15) is 18.4 Å². The molecule has 0 spiro atoms. The molecule has 0 aliphatic heterocycles. The van der Waals surface area contributed by atoms with Gasteiger partial charge in [0.15, 0.2) is 0 Å². The van der Waals surface area contributed by atoms with Gasteiger partial charge in [0, 0.05) is 19.1 Å². The average Bonchev–Trinajstić information content (AvgIpc) is 3.06. The van der Waals surface area contributed by atoms with Gasteiger partial charge in [0.25, 0.3) is 0 Å². The summed E-state index contributed by atoms with van der Waals surface area (Å²) in [5.74, 6) is -0.227. The molecule has 2 N–H and O–H groups in total. The molecule has 0 aromatic carbocycles. The molecule has 1 unspecified atom stereocenters. The highest BCUT2D eigenvalue weighted by atomic mass is 32.1. The fourth-order valence-corrected chi connectivity index (χ4v) is 2.66. The third-order valence-corrected chi connectivity index (χ3v) is 3.79. The van der Waals surface area contributed by atoms with Crippen LogP contribution in [0.2, 0.25) is 0 Å². The number of esters is 1. The third-order valence-electron chi connectivity index (χ3n) is 3.06. The summed E-state index contributed by atoms with van der Waals surface area (Å²) in [5.41, 5.74) is 6.94. The van der Waals surface area contributed by atoms with E-state index in [9.17, 15) is 4.79 Å². The maximum absolute atomic E-state index is 11.7. The average molecular weight is 254 g/mol. The zero-order valence-electron chi connectivity index (χ0n) is 9.96. The number of rotatable bonds is 6. The molecule has 0 saturated heterocycles. The van der Waals surface area contributed by atoms with Crippen LogP contribution in [0.4, 0.5) is 0 Å². The van der Waals surface area contributed by atoms with Crippen LogP contribution in [0.25, 0.3) is 0 Å². The number of nitrogens with two attached hydrogens (primary N) is 1. The Bertz CT molecular complexity index is 363. The van der Waals surface area contributed by atoms with E-state index < -0.39 is 0 Å². The first-order chi connectivity index (χ1) is 8.26. The summed E-state index contributed by atoms with van der Waals surface area (Å²) in [6.07, 6.45) is 2.30. The van der Waals surface area contributed by atoms with Crippen LogP contribution in [0.3, 0.4) is 0 Å². The molecule has 4 nitrogen and oxygen atoms in total. The quantitative estimate of drug-likeness (QED) is 0.775. The normalized spacial score (nSPS) is 17.1. The van der Waals surface area contributed by atoms with Gasteiger partial charge in [0.1, 0.15) is 6.04 Å². The molecule has 1 aliphatic carbocycles. The lowest BCUT2D eigenvalue weighted by Crippen LogP contribution is -2.47. The van der Waals surface area contributed by atoms with Crippen molar-refractivity contribution in [1.29, 1.82) is 0 Å². The molecule has 1 saturated carbocycles. The molecule has 1 atom stereocenters. The van der Waals surface area contributed by atoms with Gasteiger partial charge in [-0.25, -0.2) is 0 Å². The summed E-state index contributed by atoms with van der Waals surface area (Å²) >= 11 is 1.67. The predicted octanol–water partition coefficient (Wildman–Crippen LogP) is 1.21. The van der Waals surface area contributed by atoms with Crippen LogP contribution in [0, 0.1) is 0 Å². The number of hydrogen-bond acceptors (Lipinski definition) is 5. The van der Waals surface area contributed by atoms with Gasteiger partial charge in [-0.1, -0.05) is 0 Å². The zero-order chi connectivity index (χ0) is 12.3. The molecule has 1 heterocycles. The Kier molecular flexibility index (Phi) is 4.15. The van der Waals surface area contributed by atoms with Crippen molar-refractivity contribution in [3.63, 3.8) is 0 Å². The smallest absolute Gasteiger partial charge is 0.324 e. The van der Waals surface area contributed by atoms with Crippen molar-refractivity contribution in [2.75, 3.05) is 13.7 Å². The first kappa shape index (κ1) is 12.5. The minimum Gasteiger partial charge on any atom is -0.468 e. The van der Waals surface area contributed by atoms with E-state index in [2.05, 4.69) is 21.7 Å². The SMILES string of the molecule is COC(=O)C(CN)N(Cc1ccsc1)C1CC1. The van der Waals surface area contributed by atoms with E-state index in [1.807, 2.05) is 0 Å². The first-order valence-corrected chi connectivity index (χ1v) is 6.75. The molecule has 1 aliphatic rings. The van der Waals surface area contributed by atoms with Gasteiger partial charge in [-0.15, -0.1) is 0 Å². The van der Waals surface area contributed by atoms with Crippen LogP contribution in [0.15, 0.2) is 16.8 Å². The van der Waals surface area contributed by atoms with Gasteiger partial charge >= 0.3 is 5.97 Å². The second-order valence-corrected chi connectivity index (χ2v) is 5.09. The van der Waals surface area contributed by atoms with Crippen molar-refractivity contribution >= 4 is 17.3 Å². The van der Waals surface area contributed by atoms with Crippen LogP contribution in [-0.2, 0) is 16.1 Å². The van der Waals surface area contributed by atoms with E-state index >= 15 is 0 Å². The molecule has 1 aromatic rings. The molecule has 1 fully saturated rings. The van der Waals surface area contributed by atoms with Gasteiger partial charge < -0.3 is 10.5 Å². The molecule has 0 amide bonds. The Morgan fingerprint density at radius 2 is 2.47 bits per heavy atom. The van der Waals surface area contributed by atoms with Crippen LogP contribution in [-0.4, -0.2) is 36.6 Å². The molecule has 94 valence electrons. The van der Waals surface area contributed by atoms with E-state index in [4.69, 9.17) is 10.5 Å². The van der Waals surface area contributed by atoms with Crippen molar-refractivity contribution in [2.45, 2.75) is 31.5 Å². The van der Waals surface area contributed by atoms with Gasteiger partial charge in [0.2, 0.25) is 0 Å². The van der Waals surface area contributed by atoms with Crippen molar-refractivity contribution in [2.24, 2.45) is 5.73 Å². The van der Waals surface area contributed by atoms with Crippen LogP contribution >= 0.6 is 11.3 Å². The van der Waals surface area contributed by atoms with E-state index in [0.717, 1.165) is 19.4 Å². The molecule has 0 radical (unpaired) electrons. The second kappa shape index (κ2) is 5.62. The summed E-state index contributed by atoms with van der Waals surface area (Å²) in [5, 5.41) is 4.16. The fourth-order valence-electron chi connectivity index (χ4n) is 2.00. The van der Waals surface area contributed by atoms with Crippen molar-refractivity contribution in [3.8, 4) is 0 Å². The lowest BCUT2D eigenvalue weighted by atomic mass is 10.2. The monoisotopic (exact) mass is 254 g/mol. The molecule has 2 rings (SSSR count). The number of methoxy groups -OCH3 is 1. The number of carbonyl (C=O) groups is 1. The van der Waals surface area contributed by atoms with Crippen LogP contribution < -0.4 is 5.73 Å². The standard InChI is InChI=1S/C12H18N2O2S/c1-16-12(15)11(6-13)14(10-2-3-10)7-9-4-5-17-8-9/h4-5,8,10-11H,2-3,6-7,13H2,1H3. The number of thiophene rings is 1. The molecule has 1 aromatic heterocycles. The molecular weight excluding hydrogens is 236 g/mol. The number of carbonyl (C=O) groups excluding carboxylic acids is 1. The van der Waals surface area contributed by atoms with Gasteiger partial charge in [-0.3, -0.25) is 9.69 Å². The predicted molar refractivity (Wildman–Crippen MR) is 67.7 cm³/mol. The van der Waals surface area contributed by atoms with Gasteiger partial charge in [-0.05, 0) is 35.2 Å². The Labute approximate surface area is 105 Å².